The lowest BCUT2D eigenvalue weighted by molar-refractivity contribution is -0.484. The molecule has 1 N–H and O–H groups in total. The Morgan fingerprint density at radius 2 is 1.69 bits per heavy atom. The number of fused-ring (bicyclic) bond motifs is 1. The van der Waals surface area contributed by atoms with Crippen molar-refractivity contribution in [3.63, 3.8) is 0 Å². The third-order valence-corrected chi connectivity index (χ3v) is 6.62. The molecule has 9 heteroatoms. The fourth-order valence-corrected chi connectivity index (χ4v) is 5.04. The molecule has 3 amide bonds. The zero-order valence-electron chi connectivity index (χ0n) is 22.3. The van der Waals surface area contributed by atoms with Crippen LogP contribution in [0.1, 0.15) is 47.8 Å². The molecule has 0 saturated heterocycles. The van der Waals surface area contributed by atoms with Gasteiger partial charge >= 0.3 is 6.09 Å². The molecular formula is C30H31N3O6. The van der Waals surface area contributed by atoms with E-state index in [1.807, 2.05) is 31.2 Å². The van der Waals surface area contributed by atoms with Gasteiger partial charge in [-0.15, -0.1) is 0 Å². The molecule has 0 spiro atoms. The van der Waals surface area contributed by atoms with Crippen molar-refractivity contribution < 1.29 is 24.0 Å². The molecule has 1 heterocycles. The Bertz CT molecular complexity index is 1420. The van der Waals surface area contributed by atoms with Gasteiger partial charge in [0.25, 0.3) is 5.91 Å². The molecule has 0 radical (unpaired) electrons. The van der Waals surface area contributed by atoms with Gasteiger partial charge in [0.05, 0.1) is 5.69 Å². The lowest BCUT2D eigenvalue weighted by Crippen LogP contribution is -2.60. The van der Waals surface area contributed by atoms with E-state index in [2.05, 4.69) is 5.32 Å². The van der Waals surface area contributed by atoms with E-state index < -0.39 is 46.4 Å². The van der Waals surface area contributed by atoms with Gasteiger partial charge in [-0.1, -0.05) is 66.2 Å². The number of nitro groups is 1. The van der Waals surface area contributed by atoms with Crippen molar-refractivity contribution in [2.45, 2.75) is 51.2 Å². The summed E-state index contributed by atoms with van der Waals surface area (Å²) in [5.41, 5.74) is 0.0684. The predicted octanol–water partition coefficient (Wildman–Crippen LogP) is 4.83. The molecule has 0 aliphatic carbocycles. The van der Waals surface area contributed by atoms with Crippen molar-refractivity contribution in [2.24, 2.45) is 0 Å². The minimum Gasteiger partial charge on any atom is -0.443 e. The highest BCUT2D eigenvalue weighted by Crippen LogP contribution is 2.47. The lowest BCUT2D eigenvalue weighted by Gasteiger charge is -2.35. The maximum absolute atomic E-state index is 14.5. The Morgan fingerprint density at radius 1 is 1.03 bits per heavy atom. The summed E-state index contributed by atoms with van der Waals surface area (Å²) < 4.78 is 5.57. The summed E-state index contributed by atoms with van der Waals surface area (Å²) in [4.78, 5) is 53.6. The molecular weight excluding hydrogens is 498 g/mol. The molecule has 202 valence electrons. The van der Waals surface area contributed by atoms with Crippen LogP contribution in [-0.2, 0) is 21.4 Å². The molecule has 0 aromatic heterocycles. The average Bonchev–Trinajstić information content (AvgIpc) is 3.11. The number of benzene rings is 3. The summed E-state index contributed by atoms with van der Waals surface area (Å²) >= 11 is 0. The Balaban J connectivity index is 1.92. The number of nitrogens with one attached hydrogen (secondary N) is 1. The van der Waals surface area contributed by atoms with Gasteiger partial charge in [0.2, 0.25) is 12.5 Å². The number of imide groups is 1. The van der Waals surface area contributed by atoms with Crippen molar-refractivity contribution in [1.29, 1.82) is 0 Å². The van der Waals surface area contributed by atoms with E-state index in [1.165, 1.54) is 0 Å². The molecule has 0 fully saturated rings. The highest BCUT2D eigenvalue weighted by Gasteiger charge is 2.59. The Labute approximate surface area is 226 Å². The molecule has 3 aromatic rings. The summed E-state index contributed by atoms with van der Waals surface area (Å²) in [6, 6.07) is 21.1. The predicted molar refractivity (Wildman–Crippen MR) is 146 cm³/mol. The van der Waals surface area contributed by atoms with Crippen LogP contribution in [0.2, 0.25) is 0 Å². The molecule has 0 saturated carbocycles. The second-order valence-electron chi connectivity index (χ2n) is 10.7. The van der Waals surface area contributed by atoms with E-state index in [0.717, 1.165) is 16.0 Å². The van der Waals surface area contributed by atoms with E-state index in [4.69, 9.17) is 4.74 Å². The fraction of sp³-hybridized carbons (Fsp3) is 0.300. The van der Waals surface area contributed by atoms with Crippen LogP contribution in [0.4, 0.5) is 10.5 Å². The summed E-state index contributed by atoms with van der Waals surface area (Å²) in [6.45, 7) is 6.22. The van der Waals surface area contributed by atoms with Gasteiger partial charge in [0.1, 0.15) is 17.1 Å². The number of amides is 3. The van der Waals surface area contributed by atoms with Crippen molar-refractivity contribution in [3.8, 4) is 0 Å². The van der Waals surface area contributed by atoms with Crippen LogP contribution in [0.5, 0.6) is 0 Å². The second-order valence-corrected chi connectivity index (χ2v) is 10.7. The van der Waals surface area contributed by atoms with Crippen molar-refractivity contribution >= 4 is 23.6 Å². The Morgan fingerprint density at radius 3 is 2.33 bits per heavy atom. The number of nitrogens with zero attached hydrogens (tertiary/aromatic N) is 2. The van der Waals surface area contributed by atoms with Gasteiger partial charge < -0.3 is 10.1 Å². The zero-order chi connectivity index (χ0) is 28.4. The Kier molecular flexibility index (Phi) is 7.53. The van der Waals surface area contributed by atoms with Gasteiger partial charge in [0.15, 0.2) is 0 Å². The average molecular weight is 530 g/mol. The van der Waals surface area contributed by atoms with Crippen LogP contribution in [0, 0.1) is 17.0 Å². The third kappa shape index (κ3) is 5.67. The topological polar surface area (TPSA) is 119 Å². The molecule has 0 unspecified atom stereocenters. The van der Waals surface area contributed by atoms with Gasteiger partial charge in [0, 0.05) is 10.5 Å². The largest absolute Gasteiger partial charge is 0.443 e. The Hall–Kier alpha value is -4.53. The molecule has 0 bridgehead atoms. The number of para-hydroxylation sites is 1. The highest BCUT2D eigenvalue weighted by atomic mass is 16.6. The number of hydrogen-bond donors (Lipinski definition) is 1. The number of carbonyl (C=O) groups excluding carboxylic acids is 3. The first kappa shape index (κ1) is 27.5. The SMILES string of the molecule is Cc1cccc(C[C@@]2([C@@H](C[N+](=O)[O-])NC(=O)c3ccccc3)C(=O)N(C(=O)OC(C)(C)C)c3ccccc32)c1. The molecule has 39 heavy (non-hydrogen) atoms. The quantitative estimate of drug-likeness (QED) is 0.346. The standard InChI is InChI=1S/C30H31N3O6/c1-20-11-10-12-21(17-20)18-30(25(19-32(37)38)31-26(34)22-13-6-5-7-14-22)23-15-8-9-16-24(23)33(27(30)35)28(36)39-29(2,3)4/h5-17,25H,18-19H2,1-4H3,(H,31,34)/t25-,30-/m1/s1. The summed E-state index contributed by atoms with van der Waals surface area (Å²) in [7, 11) is 0. The number of carbonyl (C=O) groups is 3. The van der Waals surface area contributed by atoms with Gasteiger partial charge in [-0.25, -0.2) is 9.69 Å². The van der Waals surface area contributed by atoms with E-state index in [0.29, 0.717) is 11.1 Å². The molecule has 2 atom stereocenters. The molecule has 3 aromatic carbocycles. The number of anilines is 1. The summed E-state index contributed by atoms with van der Waals surface area (Å²) in [5, 5.41) is 14.8. The first-order valence-corrected chi connectivity index (χ1v) is 12.6. The van der Waals surface area contributed by atoms with E-state index in [9.17, 15) is 24.5 Å². The molecule has 1 aliphatic rings. The lowest BCUT2D eigenvalue weighted by atomic mass is 9.70. The molecule has 4 rings (SSSR count). The maximum atomic E-state index is 14.5. The third-order valence-electron chi connectivity index (χ3n) is 6.62. The monoisotopic (exact) mass is 529 g/mol. The van der Waals surface area contributed by atoms with Crippen LogP contribution in [0.3, 0.4) is 0 Å². The van der Waals surface area contributed by atoms with Crippen LogP contribution in [-0.4, -0.2) is 41.0 Å². The molecule has 9 nitrogen and oxygen atoms in total. The van der Waals surface area contributed by atoms with E-state index in [-0.39, 0.29) is 12.1 Å². The van der Waals surface area contributed by atoms with E-state index >= 15 is 0 Å². The smallest absolute Gasteiger partial charge is 0.421 e. The molecule has 1 aliphatic heterocycles. The van der Waals surface area contributed by atoms with E-state index in [1.54, 1.807) is 75.4 Å². The number of aryl methyl sites for hydroxylation is 1. The number of hydrogen-bond acceptors (Lipinski definition) is 6. The van der Waals surface area contributed by atoms with Crippen LogP contribution < -0.4 is 10.2 Å². The van der Waals surface area contributed by atoms with Crippen molar-refractivity contribution in [3.05, 3.63) is 111 Å². The van der Waals surface area contributed by atoms with Gasteiger partial charge in [-0.2, -0.15) is 0 Å². The zero-order valence-corrected chi connectivity index (χ0v) is 22.3. The summed E-state index contributed by atoms with van der Waals surface area (Å²) in [6.07, 6.45) is -0.877. The normalized spacial score (nSPS) is 17.3. The first-order valence-electron chi connectivity index (χ1n) is 12.6. The number of ether oxygens (including phenoxy) is 1. The van der Waals surface area contributed by atoms with Crippen molar-refractivity contribution in [1.82, 2.24) is 5.32 Å². The summed E-state index contributed by atoms with van der Waals surface area (Å²) in [5.74, 6) is -1.26. The van der Waals surface area contributed by atoms with Crippen LogP contribution >= 0.6 is 0 Å². The van der Waals surface area contributed by atoms with Crippen LogP contribution in [0.15, 0.2) is 78.9 Å². The van der Waals surface area contributed by atoms with Crippen molar-refractivity contribution in [2.75, 3.05) is 11.4 Å². The van der Waals surface area contributed by atoms with Gasteiger partial charge in [-0.3, -0.25) is 19.7 Å². The minimum atomic E-state index is -1.67. The fourth-order valence-electron chi connectivity index (χ4n) is 5.04. The maximum Gasteiger partial charge on any atom is 0.421 e. The highest BCUT2D eigenvalue weighted by molar-refractivity contribution is 6.21. The first-order chi connectivity index (χ1) is 18.4. The minimum absolute atomic E-state index is 0.0113. The number of rotatable bonds is 7. The van der Waals surface area contributed by atoms with Gasteiger partial charge in [-0.05, 0) is 63.4 Å². The van der Waals surface area contributed by atoms with Crippen LogP contribution in [0.25, 0.3) is 0 Å². The second kappa shape index (κ2) is 10.7.